The molecule has 0 aliphatic heterocycles. The maximum absolute atomic E-state index is 10.5. The Hall–Kier alpha value is -1.81. The van der Waals surface area contributed by atoms with Crippen LogP contribution in [-0.2, 0) is 4.79 Å². The summed E-state index contributed by atoms with van der Waals surface area (Å²) in [6.07, 6.45) is 10.2. The topological polar surface area (TPSA) is 44.4 Å². The lowest BCUT2D eigenvalue weighted by Crippen LogP contribution is -2.30. The minimum absolute atomic E-state index is 0.774. The molecule has 0 fully saturated rings. The Morgan fingerprint density at radius 2 is 2.05 bits per heavy atom. The molecule has 0 unspecified atom stereocenters. The van der Waals surface area contributed by atoms with Gasteiger partial charge < -0.3 is 10.3 Å². The van der Waals surface area contributed by atoms with E-state index in [2.05, 4.69) is 24.4 Å². The standard InChI is InChI=1S/C16H27N3O/c1-6-7-10-17-18-15(3)12-14(2)16(9-8-11-20)13-19(4)5/h8-9,11-13,17-18H,3,6-7,10H2,1-2,4-5H3/b9-8-,14-12+,16-13?. The molecule has 0 atom stereocenters. The number of nitrogens with zero attached hydrogens (tertiary/aromatic N) is 1. The van der Waals surface area contributed by atoms with Gasteiger partial charge in [0.05, 0.1) is 0 Å². The number of carbonyl (C=O) groups is 1. The maximum Gasteiger partial charge on any atom is 0.142 e. The minimum atomic E-state index is 0.774. The van der Waals surface area contributed by atoms with Gasteiger partial charge >= 0.3 is 0 Å². The summed E-state index contributed by atoms with van der Waals surface area (Å²) in [5.41, 5.74) is 8.97. The lowest BCUT2D eigenvalue weighted by atomic mass is 10.1. The molecule has 4 heteroatoms. The zero-order valence-corrected chi connectivity index (χ0v) is 13.1. The summed E-state index contributed by atoms with van der Waals surface area (Å²) in [6, 6.07) is 0. The van der Waals surface area contributed by atoms with E-state index in [0.717, 1.165) is 42.5 Å². The van der Waals surface area contributed by atoms with Crippen molar-refractivity contribution in [2.75, 3.05) is 20.6 Å². The minimum Gasteiger partial charge on any atom is -0.383 e. The second kappa shape index (κ2) is 11.1. The van der Waals surface area contributed by atoms with E-state index >= 15 is 0 Å². The first-order valence-electron chi connectivity index (χ1n) is 6.87. The number of carbonyl (C=O) groups excluding carboxylic acids is 1. The van der Waals surface area contributed by atoms with Crippen LogP contribution in [0.2, 0.25) is 0 Å². The Morgan fingerprint density at radius 3 is 2.60 bits per heavy atom. The summed E-state index contributed by atoms with van der Waals surface area (Å²) in [5.74, 6) is 0. The van der Waals surface area contributed by atoms with E-state index < -0.39 is 0 Å². The molecule has 0 saturated heterocycles. The highest BCUT2D eigenvalue weighted by Gasteiger charge is 1.98. The highest BCUT2D eigenvalue weighted by molar-refractivity contribution is 5.66. The molecule has 4 nitrogen and oxygen atoms in total. The Morgan fingerprint density at radius 1 is 1.35 bits per heavy atom. The SMILES string of the molecule is C=C(/C=C(\C)C(=CN(C)C)/C=C\C=O)NNCCCC. The van der Waals surface area contributed by atoms with E-state index in [4.69, 9.17) is 0 Å². The van der Waals surface area contributed by atoms with E-state index in [1.54, 1.807) is 6.08 Å². The van der Waals surface area contributed by atoms with Crippen LogP contribution >= 0.6 is 0 Å². The van der Waals surface area contributed by atoms with Crippen molar-refractivity contribution in [1.82, 2.24) is 15.8 Å². The van der Waals surface area contributed by atoms with Gasteiger partial charge in [0.25, 0.3) is 0 Å². The summed E-state index contributed by atoms with van der Waals surface area (Å²) in [6.45, 7) is 9.00. The van der Waals surface area contributed by atoms with E-state index in [0.29, 0.717) is 0 Å². The first kappa shape index (κ1) is 18.2. The molecular formula is C16H27N3O. The lowest BCUT2D eigenvalue weighted by molar-refractivity contribution is -0.104. The van der Waals surface area contributed by atoms with Crippen LogP contribution < -0.4 is 10.9 Å². The normalized spacial score (nSPS) is 12.6. The zero-order valence-electron chi connectivity index (χ0n) is 13.1. The van der Waals surface area contributed by atoms with Crippen molar-refractivity contribution in [3.63, 3.8) is 0 Å². The Balaban J connectivity index is 4.66. The third-order valence-electron chi connectivity index (χ3n) is 2.50. The highest BCUT2D eigenvalue weighted by atomic mass is 16.1. The fourth-order valence-corrected chi connectivity index (χ4v) is 1.52. The second-order valence-corrected chi connectivity index (χ2v) is 4.80. The molecule has 112 valence electrons. The van der Waals surface area contributed by atoms with Crippen LogP contribution in [-0.4, -0.2) is 31.8 Å². The van der Waals surface area contributed by atoms with Gasteiger partial charge in [0.15, 0.2) is 0 Å². The van der Waals surface area contributed by atoms with Crippen molar-refractivity contribution in [2.24, 2.45) is 0 Å². The summed E-state index contributed by atoms with van der Waals surface area (Å²) in [4.78, 5) is 12.4. The van der Waals surface area contributed by atoms with Crippen LogP contribution in [0.25, 0.3) is 0 Å². The summed E-state index contributed by atoms with van der Waals surface area (Å²) >= 11 is 0. The van der Waals surface area contributed by atoms with Crippen LogP contribution in [0.4, 0.5) is 0 Å². The number of nitrogens with one attached hydrogen (secondary N) is 2. The van der Waals surface area contributed by atoms with Crippen molar-refractivity contribution in [3.05, 3.63) is 47.9 Å². The van der Waals surface area contributed by atoms with Gasteiger partial charge in [-0.05, 0) is 36.6 Å². The van der Waals surface area contributed by atoms with Gasteiger partial charge in [-0.1, -0.05) is 26.0 Å². The van der Waals surface area contributed by atoms with E-state index in [1.165, 1.54) is 6.08 Å². The number of hydrazine groups is 1. The summed E-state index contributed by atoms with van der Waals surface area (Å²) in [5, 5.41) is 0. The molecule has 0 amide bonds. The predicted molar refractivity (Wildman–Crippen MR) is 85.9 cm³/mol. The molecular weight excluding hydrogens is 250 g/mol. The molecule has 0 radical (unpaired) electrons. The largest absolute Gasteiger partial charge is 0.383 e. The van der Waals surface area contributed by atoms with Crippen LogP contribution in [0.1, 0.15) is 26.7 Å². The molecule has 2 N–H and O–H groups in total. The van der Waals surface area contributed by atoms with Gasteiger partial charge in [-0.15, -0.1) is 0 Å². The monoisotopic (exact) mass is 277 g/mol. The van der Waals surface area contributed by atoms with Gasteiger partial charge in [0.2, 0.25) is 0 Å². The van der Waals surface area contributed by atoms with E-state index in [1.807, 2.05) is 38.2 Å². The van der Waals surface area contributed by atoms with Crippen LogP contribution in [0.3, 0.4) is 0 Å². The van der Waals surface area contributed by atoms with Crippen LogP contribution in [0, 0.1) is 0 Å². The summed E-state index contributed by atoms with van der Waals surface area (Å²) in [7, 11) is 3.89. The average molecular weight is 277 g/mol. The number of allylic oxidation sites excluding steroid dienone is 5. The number of hydrogen-bond acceptors (Lipinski definition) is 4. The molecule has 0 aromatic carbocycles. The lowest BCUT2D eigenvalue weighted by Gasteiger charge is -2.11. The Kier molecular flexibility index (Phi) is 10.1. The quantitative estimate of drug-likeness (QED) is 0.212. The predicted octanol–water partition coefficient (Wildman–Crippen LogP) is 2.54. The first-order valence-corrected chi connectivity index (χ1v) is 6.87. The molecule has 0 spiro atoms. The fraction of sp³-hybridized carbons (Fsp3) is 0.438. The third-order valence-corrected chi connectivity index (χ3v) is 2.50. The van der Waals surface area contributed by atoms with Gasteiger partial charge in [0.1, 0.15) is 6.29 Å². The highest BCUT2D eigenvalue weighted by Crippen LogP contribution is 2.12. The zero-order chi connectivity index (χ0) is 15.4. The molecule has 0 heterocycles. The molecule has 0 saturated carbocycles. The van der Waals surface area contributed by atoms with Crippen molar-refractivity contribution in [2.45, 2.75) is 26.7 Å². The molecule has 0 bridgehead atoms. The first-order chi connectivity index (χ1) is 9.51. The van der Waals surface area contributed by atoms with Crippen molar-refractivity contribution < 1.29 is 4.79 Å². The second-order valence-electron chi connectivity index (χ2n) is 4.80. The third kappa shape index (κ3) is 9.16. The van der Waals surface area contributed by atoms with Crippen molar-refractivity contribution >= 4 is 6.29 Å². The number of hydrogen-bond donors (Lipinski definition) is 2. The molecule has 0 aromatic rings. The molecule has 0 rings (SSSR count). The summed E-state index contributed by atoms with van der Waals surface area (Å²) < 4.78 is 0. The molecule has 0 aromatic heterocycles. The van der Waals surface area contributed by atoms with E-state index in [-0.39, 0.29) is 0 Å². The molecule has 20 heavy (non-hydrogen) atoms. The van der Waals surface area contributed by atoms with Crippen molar-refractivity contribution in [3.8, 4) is 0 Å². The van der Waals surface area contributed by atoms with Gasteiger partial charge in [0, 0.05) is 32.5 Å². The molecule has 0 aliphatic carbocycles. The van der Waals surface area contributed by atoms with Gasteiger partial charge in [-0.25, -0.2) is 5.43 Å². The van der Waals surface area contributed by atoms with Gasteiger partial charge in [-0.3, -0.25) is 4.79 Å². The number of unbranched alkanes of at least 4 members (excludes halogenated alkanes) is 1. The fourth-order valence-electron chi connectivity index (χ4n) is 1.52. The number of aldehydes is 1. The molecule has 0 aliphatic rings. The Bertz CT molecular complexity index is 393. The van der Waals surface area contributed by atoms with Crippen LogP contribution in [0.15, 0.2) is 47.9 Å². The Labute approximate surface area is 122 Å². The van der Waals surface area contributed by atoms with Gasteiger partial charge in [-0.2, -0.15) is 0 Å². The number of rotatable bonds is 10. The van der Waals surface area contributed by atoms with Crippen LogP contribution in [0.5, 0.6) is 0 Å². The smallest absolute Gasteiger partial charge is 0.142 e. The maximum atomic E-state index is 10.5. The van der Waals surface area contributed by atoms with E-state index in [9.17, 15) is 4.79 Å². The average Bonchev–Trinajstić information content (AvgIpc) is 2.39. The van der Waals surface area contributed by atoms with Crippen molar-refractivity contribution in [1.29, 1.82) is 0 Å².